The number of nitrogens with one attached hydrogen (secondary N) is 1. The van der Waals surface area contributed by atoms with Crippen molar-refractivity contribution < 1.29 is 4.79 Å². The third kappa shape index (κ3) is 3.98. The van der Waals surface area contributed by atoms with Crippen LogP contribution >= 0.6 is 11.3 Å². The number of hydrogen-bond acceptors (Lipinski definition) is 2. The molecule has 22 heavy (non-hydrogen) atoms. The molecule has 0 saturated heterocycles. The fraction of sp³-hybridized carbons (Fsp3) is 0.421. The predicted octanol–water partition coefficient (Wildman–Crippen LogP) is 4.31. The summed E-state index contributed by atoms with van der Waals surface area (Å²) in [6, 6.07) is 12.9. The summed E-state index contributed by atoms with van der Waals surface area (Å²) in [4.78, 5) is 13.4. The average Bonchev–Trinajstić information content (AvgIpc) is 3.06. The first-order valence-electron chi connectivity index (χ1n) is 8.20. The third-order valence-corrected chi connectivity index (χ3v) is 5.38. The van der Waals surface area contributed by atoms with Crippen molar-refractivity contribution >= 4 is 17.2 Å². The van der Waals surface area contributed by atoms with E-state index in [0.717, 1.165) is 19.4 Å². The van der Waals surface area contributed by atoms with Crippen molar-refractivity contribution in [1.82, 2.24) is 5.32 Å². The second-order valence-corrected chi connectivity index (χ2v) is 7.06. The number of aryl methyl sites for hydroxylation is 2. The Hall–Kier alpha value is -1.61. The Labute approximate surface area is 136 Å². The maximum Gasteiger partial charge on any atom is 0.220 e. The van der Waals surface area contributed by atoms with E-state index in [2.05, 4.69) is 47.1 Å². The van der Waals surface area contributed by atoms with Gasteiger partial charge in [-0.3, -0.25) is 4.79 Å². The molecule has 2 nitrogen and oxygen atoms in total. The van der Waals surface area contributed by atoms with Gasteiger partial charge in [-0.05, 0) is 54.7 Å². The van der Waals surface area contributed by atoms with E-state index in [4.69, 9.17) is 0 Å². The zero-order valence-electron chi connectivity index (χ0n) is 12.9. The third-order valence-electron chi connectivity index (χ3n) is 4.45. The van der Waals surface area contributed by atoms with Gasteiger partial charge in [-0.25, -0.2) is 0 Å². The first kappa shape index (κ1) is 15.3. The second kappa shape index (κ2) is 7.59. The minimum absolute atomic E-state index is 0.194. The average molecular weight is 313 g/mol. The molecule has 0 aliphatic heterocycles. The highest BCUT2D eigenvalue weighted by Crippen LogP contribution is 2.30. The van der Waals surface area contributed by atoms with Crippen LogP contribution in [0.2, 0.25) is 0 Å². The molecule has 0 saturated carbocycles. The van der Waals surface area contributed by atoms with Gasteiger partial charge in [0.25, 0.3) is 0 Å². The fourth-order valence-corrected chi connectivity index (χ4v) is 4.02. The van der Waals surface area contributed by atoms with Crippen molar-refractivity contribution in [2.45, 2.75) is 44.4 Å². The first-order chi connectivity index (χ1) is 10.8. The van der Waals surface area contributed by atoms with Crippen molar-refractivity contribution in [3.8, 4) is 0 Å². The Balaban J connectivity index is 1.43. The summed E-state index contributed by atoms with van der Waals surface area (Å²) in [5, 5.41) is 5.23. The lowest BCUT2D eigenvalue weighted by Crippen LogP contribution is -2.29. The number of carbonyl (C=O) groups excluding carboxylic acids is 1. The van der Waals surface area contributed by atoms with Crippen LogP contribution in [-0.2, 0) is 17.6 Å². The van der Waals surface area contributed by atoms with E-state index in [-0.39, 0.29) is 5.91 Å². The van der Waals surface area contributed by atoms with Crippen LogP contribution in [0, 0.1) is 0 Å². The summed E-state index contributed by atoms with van der Waals surface area (Å²) >= 11 is 1.77. The minimum Gasteiger partial charge on any atom is -0.355 e. The standard InChI is InChI=1S/C19H23NOS/c21-19(12-4-9-17-10-5-13-22-17)20-14-16-8-3-7-15-6-1-2-11-18(15)16/h1-2,5-6,10-11,13,16H,3-4,7-9,12,14H2,(H,20,21). The molecule has 1 aromatic carbocycles. The van der Waals surface area contributed by atoms with Gasteiger partial charge < -0.3 is 5.32 Å². The number of carbonyl (C=O) groups is 1. The molecule has 1 aliphatic rings. The van der Waals surface area contributed by atoms with Gasteiger partial charge >= 0.3 is 0 Å². The Morgan fingerprint density at radius 1 is 1.23 bits per heavy atom. The molecule has 1 heterocycles. The summed E-state index contributed by atoms with van der Waals surface area (Å²) < 4.78 is 0. The number of amides is 1. The van der Waals surface area contributed by atoms with Gasteiger partial charge in [0, 0.05) is 23.8 Å². The van der Waals surface area contributed by atoms with Crippen LogP contribution in [0.1, 0.15) is 47.6 Å². The quantitative estimate of drug-likeness (QED) is 0.846. The van der Waals surface area contributed by atoms with Gasteiger partial charge in [0.15, 0.2) is 0 Å². The van der Waals surface area contributed by atoms with Gasteiger partial charge in [0.2, 0.25) is 5.91 Å². The summed E-state index contributed by atoms with van der Waals surface area (Å²) in [7, 11) is 0. The summed E-state index contributed by atoms with van der Waals surface area (Å²) in [6.45, 7) is 0.787. The Morgan fingerprint density at radius 2 is 2.14 bits per heavy atom. The molecule has 1 unspecified atom stereocenters. The number of rotatable bonds is 6. The van der Waals surface area contributed by atoms with Crippen LogP contribution in [0.5, 0.6) is 0 Å². The maximum atomic E-state index is 12.0. The monoisotopic (exact) mass is 313 g/mol. The maximum absolute atomic E-state index is 12.0. The summed E-state index contributed by atoms with van der Waals surface area (Å²) in [5.74, 6) is 0.686. The Morgan fingerprint density at radius 3 is 3.00 bits per heavy atom. The van der Waals surface area contributed by atoms with Crippen LogP contribution < -0.4 is 5.32 Å². The van der Waals surface area contributed by atoms with Crippen molar-refractivity contribution in [1.29, 1.82) is 0 Å². The van der Waals surface area contributed by atoms with Crippen LogP contribution in [0.4, 0.5) is 0 Å². The van der Waals surface area contributed by atoms with E-state index in [0.29, 0.717) is 12.3 Å². The lowest BCUT2D eigenvalue weighted by molar-refractivity contribution is -0.121. The smallest absolute Gasteiger partial charge is 0.220 e. The van der Waals surface area contributed by atoms with Crippen LogP contribution in [0.3, 0.4) is 0 Å². The lowest BCUT2D eigenvalue weighted by Gasteiger charge is -2.25. The van der Waals surface area contributed by atoms with Gasteiger partial charge in [-0.15, -0.1) is 11.3 Å². The van der Waals surface area contributed by atoms with E-state index < -0.39 is 0 Å². The van der Waals surface area contributed by atoms with Crippen LogP contribution in [0.15, 0.2) is 41.8 Å². The van der Waals surface area contributed by atoms with E-state index >= 15 is 0 Å². The number of hydrogen-bond donors (Lipinski definition) is 1. The summed E-state index contributed by atoms with van der Waals surface area (Å²) in [6.07, 6.45) is 6.18. The number of benzene rings is 1. The lowest BCUT2D eigenvalue weighted by atomic mass is 9.83. The molecule has 0 fully saturated rings. The zero-order valence-corrected chi connectivity index (χ0v) is 13.7. The molecule has 1 amide bonds. The van der Waals surface area contributed by atoms with Crippen molar-refractivity contribution in [2.75, 3.05) is 6.54 Å². The predicted molar refractivity (Wildman–Crippen MR) is 92.4 cm³/mol. The van der Waals surface area contributed by atoms with E-state index in [9.17, 15) is 4.79 Å². The van der Waals surface area contributed by atoms with Crippen LogP contribution in [-0.4, -0.2) is 12.5 Å². The van der Waals surface area contributed by atoms with Gasteiger partial charge in [-0.1, -0.05) is 30.3 Å². The molecule has 3 rings (SSSR count). The molecular weight excluding hydrogens is 290 g/mol. The molecular formula is C19H23NOS. The first-order valence-corrected chi connectivity index (χ1v) is 9.08. The SMILES string of the molecule is O=C(CCCc1cccs1)NCC1CCCc2ccccc21. The second-order valence-electron chi connectivity index (χ2n) is 6.02. The molecule has 0 spiro atoms. The van der Waals surface area contributed by atoms with E-state index in [1.165, 1.54) is 35.3 Å². The largest absolute Gasteiger partial charge is 0.355 e. The molecule has 116 valence electrons. The molecule has 0 bridgehead atoms. The van der Waals surface area contributed by atoms with Gasteiger partial charge in [-0.2, -0.15) is 0 Å². The fourth-order valence-electron chi connectivity index (χ4n) is 3.27. The van der Waals surface area contributed by atoms with Crippen molar-refractivity contribution in [3.63, 3.8) is 0 Å². The molecule has 1 atom stereocenters. The molecule has 1 aliphatic carbocycles. The Bertz CT molecular complexity index is 606. The molecule has 3 heteroatoms. The van der Waals surface area contributed by atoms with Gasteiger partial charge in [0.05, 0.1) is 0 Å². The zero-order chi connectivity index (χ0) is 15.2. The molecule has 0 radical (unpaired) electrons. The topological polar surface area (TPSA) is 29.1 Å². The molecule has 1 aromatic heterocycles. The van der Waals surface area contributed by atoms with E-state index in [1.807, 2.05) is 0 Å². The van der Waals surface area contributed by atoms with Crippen molar-refractivity contribution in [2.24, 2.45) is 0 Å². The number of fused-ring (bicyclic) bond motifs is 1. The minimum atomic E-state index is 0.194. The molecule has 1 N–H and O–H groups in total. The van der Waals surface area contributed by atoms with Crippen LogP contribution in [0.25, 0.3) is 0 Å². The molecule has 2 aromatic rings. The highest BCUT2D eigenvalue weighted by molar-refractivity contribution is 7.09. The van der Waals surface area contributed by atoms with Crippen molar-refractivity contribution in [3.05, 3.63) is 57.8 Å². The summed E-state index contributed by atoms with van der Waals surface area (Å²) in [5.41, 5.74) is 2.90. The number of thiophene rings is 1. The highest BCUT2D eigenvalue weighted by Gasteiger charge is 2.19. The Kier molecular flexibility index (Phi) is 5.28. The normalized spacial score (nSPS) is 17.0. The highest BCUT2D eigenvalue weighted by atomic mass is 32.1. The van der Waals surface area contributed by atoms with Gasteiger partial charge in [0.1, 0.15) is 0 Å². The van der Waals surface area contributed by atoms with E-state index in [1.54, 1.807) is 11.3 Å².